The minimum Gasteiger partial charge on any atom is -0.307 e. The zero-order valence-electron chi connectivity index (χ0n) is 8.89. The van der Waals surface area contributed by atoms with Gasteiger partial charge in [0.2, 0.25) is 0 Å². The summed E-state index contributed by atoms with van der Waals surface area (Å²) in [5.74, 6) is 0.680. The smallest absolute Gasteiger partial charge is 0.0591 e. The molecule has 1 heterocycles. The SMILES string of the molecule is N=C(C1CC1)C1(N2CCCCC2)CC1. The first kappa shape index (κ1) is 8.90. The molecule has 0 unspecified atom stereocenters. The molecule has 0 aromatic heterocycles. The van der Waals surface area contributed by atoms with E-state index in [-0.39, 0.29) is 5.54 Å². The molecule has 0 spiro atoms. The lowest BCUT2D eigenvalue weighted by Crippen LogP contribution is -2.46. The van der Waals surface area contributed by atoms with E-state index in [0.29, 0.717) is 5.92 Å². The second kappa shape index (κ2) is 3.06. The number of rotatable bonds is 3. The van der Waals surface area contributed by atoms with Crippen LogP contribution in [0.15, 0.2) is 0 Å². The Morgan fingerprint density at radius 3 is 2.21 bits per heavy atom. The van der Waals surface area contributed by atoms with Crippen LogP contribution in [0.4, 0.5) is 0 Å². The lowest BCUT2D eigenvalue weighted by molar-refractivity contribution is 0.185. The Morgan fingerprint density at radius 1 is 1.07 bits per heavy atom. The van der Waals surface area contributed by atoms with E-state index in [1.165, 1.54) is 58.0 Å². The molecule has 0 bridgehead atoms. The average Bonchev–Trinajstić information content (AvgIpc) is 3.12. The number of likely N-dealkylation sites (tertiary alicyclic amines) is 1. The van der Waals surface area contributed by atoms with Gasteiger partial charge in [-0.25, -0.2) is 0 Å². The number of nitrogens with zero attached hydrogens (tertiary/aromatic N) is 1. The van der Waals surface area contributed by atoms with E-state index in [1.807, 2.05) is 0 Å². The molecule has 3 rings (SSSR count). The standard InChI is InChI=1S/C12H20N2/c13-11(10-4-5-10)12(6-7-12)14-8-2-1-3-9-14/h10,13H,1-9H2. The maximum Gasteiger partial charge on any atom is 0.0591 e. The first-order valence-electron chi connectivity index (χ1n) is 6.17. The van der Waals surface area contributed by atoms with Crippen LogP contribution in [0, 0.1) is 11.3 Å². The second-order valence-corrected chi connectivity index (χ2v) is 5.27. The van der Waals surface area contributed by atoms with E-state index in [1.54, 1.807) is 0 Å². The van der Waals surface area contributed by atoms with Crippen LogP contribution in [0.5, 0.6) is 0 Å². The van der Waals surface area contributed by atoms with Gasteiger partial charge in [-0.1, -0.05) is 6.42 Å². The van der Waals surface area contributed by atoms with Crippen molar-refractivity contribution in [3.05, 3.63) is 0 Å². The maximum absolute atomic E-state index is 8.27. The first-order chi connectivity index (χ1) is 6.83. The molecule has 3 fully saturated rings. The minimum absolute atomic E-state index is 0.279. The van der Waals surface area contributed by atoms with E-state index in [4.69, 9.17) is 5.41 Å². The van der Waals surface area contributed by atoms with Gasteiger partial charge in [0.1, 0.15) is 0 Å². The van der Waals surface area contributed by atoms with E-state index in [2.05, 4.69) is 4.90 Å². The summed E-state index contributed by atoms with van der Waals surface area (Å²) in [4.78, 5) is 2.62. The fourth-order valence-electron chi connectivity index (χ4n) is 2.95. The molecule has 0 atom stereocenters. The Morgan fingerprint density at radius 2 is 1.71 bits per heavy atom. The first-order valence-corrected chi connectivity index (χ1v) is 6.17. The number of hydrogen-bond donors (Lipinski definition) is 1. The maximum atomic E-state index is 8.27. The highest BCUT2D eigenvalue weighted by Gasteiger charge is 2.54. The van der Waals surface area contributed by atoms with Gasteiger partial charge in [-0.15, -0.1) is 0 Å². The Bertz CT molecular complexity index is 245. The topological polar surface area (TPSA) is 27.1 Å². The average molecular weight is 192 g/mol. The fourth-order valence-corrected chi connectivity index (χ4v) is 2.95. The fraction of sp³-hybridized carbons (Fsp3) is 0.917. The molecule has 0 radical (unpaired) electrons. The van der Waals surface area contributed by atoms with Crippen molar-refractivity contribution in [1.29, 1.82) is 5.41 Å². The van der Waals surface area contributed by atoms with Gasteiger partial charge in [0, 0.05) is 5.71 Å². The molecular formula is C12H20N2. The molecule has 1 N–H and O–H groups in total. The highest BCUT2D eigenvalue weighted by atomic mass is 15.2. The molecule has 78 valence electrons. The van der Waals surface area contributed by atoms with Crippen molar-refractivity contribution in [2.75, 3.05) is 13.1 Å². The summed E-state index contributed by atoms with van der Waals surface area (Å²) >= 11 is 0. The molecule has 2 aliphatic carbocycles. The predicted octanol–water partition coefficient (Wildman–Crippen LogP) is 2.43. The van der Waals surface area contributed by atoms with Crippen molar-refractivity contribution in [3.63, 3.8) is 0 Å². The van der Waals surface area contributed by atoms with Crippen molar-refractivity contribution in [3.8, 4) is 0 Å². The van der Waals surface area contributed by atoms with Gasteiger partial charge in [-0.2, -0.15) is 0 Å². The molecule has 0 aromatic rings. The zero-order chi connectivity index (χ0) is 9.60. The van der Waals surface area contributed by atoms with E-state index in [0.717, 1.165) is 5.71 Å². The summed E-state index contributed by atoms with van der Waals surface area (Å²) in [5.41, 5.74) is 1.38. The summed E-state index contributed by atoms with van der Waals surface area (Å²) in [7, 11) is 0. The Labute approximate surface area is 86.2 Å². The van der Waals surface area contributed by atoms with Crippen LogP contribution in [-0.2, 0) is 0 Å². The van der Waals surface area contributed by atoms with Gasteiger partial charge in [0.05, 0.1) is 5.54 Å². The van der Waals surface area contributed by atoms with Crippen LogP contribution in [0.25, 0.3) is 0 Å². The van der Waals surface area contributed by atoms with Crippen molar-refractivity contribution in [1.82, 2.24) is 4.90 Å². The molecule has 2 heteroatoms. The molecule has 0 aromatic carbocycles. The van der Waals surface area contributed by atoms with Crippen LogP contribution in [-0.4, -0.2) is 29.2 Å². The lowest BCUT2D eigenvalue weighted by atomic mass is 10.00. The Kier molecular flexibility index (Phi) is 1.94. The van der Waals surface area contributed by atoms with Crippen molar-refractivity contribution < 1.29 is 0 Å². The zero-order valence-corrected chi connectivity index (χ0v) is 8.89. The normalized spacial score (nSPS) is 31.4. The lowest BCUT2D eigenvalue weighted by Gasteiger charge is -2.35. The molecule has 1 aliphatic heterocycles. The van der Waals surface area contributed by atoms with Crippen LogP contribution >= 0.6 is 0 Å². The monoisotopic (exact) mass is 192 g/mol. The van der Waals surface area contributed by atoms with Gasteiger partial charge in [-0.05, 0) is 57.5 Å². The highest BCUT2D eigenvalue weighted by Crippen LogP contribution is 2.49. The summed E-state index contributed by atoms with van der Waals surface area (Å²) in [6.45, 7) is 2.52. The molecule has 2 saturated carbocycles. The van der Waals surface area contributed by atoms with Crippen LogP contribution in [0.1, 0.15) is 44.9 Å². The minimum atomic E-state index is 0.279. The van der Waals surface area contributed by atoms with Gasteiger partial charge in [-0.3, -0.25) is 4.90 Å². The molecule has 3 aliphatic rings. The van der Waals surface area contributed by atoms with E-state index < -0.39 is 0 Å². The number of nitrogens with one attached hydrogen (secondary N) is 1. The van der Waals surface area contributed by atoms with Crippen LogP contribution in [0.3, 0.4) is 0 Å². The second-order valence-electron chi connectivity index (χ2n) is 5.27. The predicted molar refractivity (Wildman–Crippen MR) is 57.8 cm³/mol. The highest BCUT2D eigenvalue weighted by molar-refractivity contribution is 5.97. The van der Waals surface area contributed by atoms with Gasteiger partial charge in [0.25, 0.3) is 0 Å². The Hall–Kier alpha value is -0.370. The quantitative estimate of drug-likeness (QED) is 0.683. The molecular weight excluding hydrogens is 172 g/mol. The molecule has 0 amide bonds. The Balaban J connectivity index is 1.71. The summed E-state index contributed by atoms with van der Waals surface area (Å²) in [6.07, 6.45) is 9.29. The summed E-state index contributed by atoms with van der Waals surface area (Å²) in [6, 6.07) is 0. The summed E-state index contributed by atoms with van der Waals surface area (Å²) in [5, 5.41) is 8.27. The van der Waals surface area contributed by atoms with E-state index >= 15 is 0 Å². The van der Waals surface area contributed by atoms with Gasteiger partial charge >= 0.3 is 0 Å². The van der Waals surface area contributed by atoms with Gasteiger partial charge in [0.15, 0.2) is 0 Å². The molecule has 2 nitrogen and oxygen atoms in total. The third kappa shape index (κ3) is 1.31. The largest absolute Gasteiger partial charge is 0.307 e. The van der Waals surface area contributed by atoms with Crippen molar-refractivity contribution in [2.24, 2.45) is 5.92 Å². The van der Waals surface area contributed by atoms with Crippen LogP contribution < -0.4 is 0 Å². The van der Waals surface area contributed by atoms with E-state index in [9.17, 15) is 0 Å². The molecule has 1 saturated heterocycles. The van der Waals surface area contributed by atoms with Gasteiger partial charge < -0.3 is 5.41 Å². The molecule has 14 heavy (non-hydrogen) atoms. The number of hydrogen-bond acceptors (Lipinski definition) is 2. The summed E-state index contributed by atoms with van der Waals surface area (Å²) < 4.78 is 0. The third-order valence-corrected chi connectivity index (χ3v) is 4.17. The van der Waals surface area contributed by atoms with Crippen molar-refractivity contribution >= 4 is 5.71 Å². The third-order valence-electron chi connectivity index (χ3n) is 4.17. The van der Waals surface area contributed by atoms with Crippen LogP contribution in [0.2, 0.25) is 0 Å². The van der Waals surface area contributed by atoms with Crippen molar-refractivity contribution in [2.45, 2.75) is 50.5 Å². The number of piperidine rings is 1.